The minimum Gasteiger partial charge on any atom is -0.472 e. The fraction of sp³-hybridized carbons (Fsp3) is 0.513. The molecule has 5 atom stereocenters. The van der Waals surface area contributed by atoms with E-state index in [0.29, 0.717) is 25.1 Å². The van der Waals surface area contributed by atoms with Gasteiger partial charge in [-0.25, -0.2) is 14.6 Å². The summed E-state index contributed by atoms with van der Waals surface area (Å²) in [6, 6.07) is 13.9. The first-order valence-electron chi connectivity index (χ1n) is 18.2. The maximum absolute atomic E-state index is 14.5. The number of aromatic nitrogens is 1. The topological polar surface area (TPSA) is 136 Å². The van der Waals surface area contributed by atoms with Gasteiger partial charge in [0.15, 0.2) is 0 Å². The van der Waals surface area contributed by atoms with Crippen molar-refractivity contribution in [3.8, 4) is 5.88 Å². The number of hydrogen-bond donors (Lipinski definition) is 2. The first-order valence-corrected chi connectivity index (χ1v) is 18.2. The highest BCUT2D eigenvalue weighted by atomic mass is 16.6. The van der Waals surface area contributed by atoms with E-state index in [4.69, 9.17) is 19.2 Å². The van der Waals surface area contributed by atoms with Crippen molar-refractivity contribution in [2.45, 2.75) is 107 Å². The lowest BCUT2D eigenvalue weighted by molar-refractivity contribution is -0.150. The molecule has 4 aliphatic rings. The van der Waals surface area contributed by atoms with Crippen LogP contribution in [0.2, 0.25) is 0 Å². The van der Waals surface area contributed by atoms with Gasteiger partial charge in [0, 0.05) is 23.1 Å². The van der Waals surface area contributed by atoms with E-state index in [0.717, 1.165) is 66.6 Å². The van der Waals surface area contributed by atoms with Crippen LogP contribution in [0.4, 0.5) is 4.79 Å². The van der Waals surface area contributed by atoms with E-state index >= 15 is 0 Å². The lowest BCUT2D eigenvalue weighted by Gasteiger charge is -2.29. The van der Waals surface area contributed by atoms with Crippen molar-refractivity contribution in [2.24, 2.45) is 5.92 Å². The highest BCUT2D eigenvalue weighted by molar-refractivity contribution is 6.07. The Morgan fingerprint density at radius 2 is 1.68 bits per heavy atom. The van der Waals surface area contributed by atoms with Crippen LogP contribution >= 0.6 is 0 Å². The normalized spacial score (nSPS) is 28.1. The van der Waals surface area contributed by atoms with Gasteiger partial charge in [-0.2, -0.15) is 0 Å². The smallest absolute Gasteiger partial charge is 0.408 e. The number of para-hydroxylation sites is 1. The number of ether oxygens (including phenoxy) is 3. The fourth-order valence-electron chi connectivity index (χ4n) is 7.85. The Balaban J connectivity index is 1.19. The molecule has 2 aliphatic carbocycles. The van der Waals surface area contributed by atoms with Crippen LogP contribution in [0.15, 0.2) is 60.7 Å². The Kier molecular flexibility index (Phi) is 9.92. The highest BCUT2D eigenvalue weighted by Crippen LogP contribution is 2.46. The molecule has 3 heterocycles. The van der Waals surface area contributed by atoms with Crippen molar-refractivity contribution < 1.29 is 33.4 Å². The average molecular weight is 683 g/mol. The van der Waals surface area contributed by atoms with Gasteiger partial charge in [-0.15, -0.1) is 0 Å². The second-order valence-corrected chi connectivity index (χ2v) is 14.0. The average Bonchev–Trinajstić information content (AvgIpc) is 3.39. The molecule has 0 radical (unpaired) electrons. The van der Waals surface area contributed by atoms with Crippen LogP contribution in [0, 0.1) is 5.92 Å². The Hall–Kier alpha value is -4.67. The molecule has 0 spiro atoms. The number of nitrogens with one attached hydrogen (secondary N) is 2. The molecule has 3 aromatic rings. The zero-order valence-corrected chi connectivity index (χ0v) is 28.6. The third-order valence-corrected chi connectivity index (χ3v) is 10.6. The van der Waals surface area contributed by atoms with E-state index < -0.39 is 41.7 Å². The van der Waals surface area contributed by atoms with Crippen LogP contribution in [-0.4, -0.2) is 76.7 Å². The summed E-state index contributed by atoms with van der Waals surface area (Å²) in [5.74, 6) is -1.07. The van der Waals surface area contributed by atoms with Gasteiger partial charge in [0.25, 0.3) is 0 Å². The predicted molar refractivity (Wildman–Crippen MR) is 187 cm³/mol. The Bertz CT molecular complexity index is 1790. The van der Waals surface area contributed by atoms with E-state index in [1.165, 1.54) is 4.90 Å². The molecule has 0 unspecified atom stereocenters. The number of nitrogens with zero attached hydrogens (tertiary/aromatic N) is 2. The summed E-state index contributed by atoms with van der Waals surface area (Å²) in [4.78, 5) is 61.4. The SMILES string of the molecule is CCOC(=O)[C@@]12C[C@H]1/C=C\CCCCC[C@H](NC(=O)OC1CCCC1)C(=O)N1C[C@H](Oc3nc4ccccc4c4ccccc34)C[C@H]1C(=O)N2. The molecule has 2 saturated carbocycles. The Labute approximate surface area is 292 Å². The zero-order chi connectivity index (χ0) is 34.7. The number of fused-ring (bicyclic) bond motifs is 5. The largest absolute Gasteiger partial charge is 0.472 e. The number of carbonyl (C=O) groups excluding carboxylic acids is 4. The van der Waals surface area contributed by atoms with Gasteiger partial charge in [-0.05, 0) is 75.8 Å². The number of hydrogen-bond acceptors (Lipinski definition) is 8. The first-order chi connectivity index (χ1) is 24.4. The molecular weight excluding hydrogens is 636 g/mol. The number of allylic oxidation sites excluding steroid dienone is 1. The van der Waals surface area contributed by atoms with Crippen LogP contribution in [-0.2, 0) is 23.9 Å². The van der Waals surface area contributed by atoms with Crippen molar-refractivity contribution in [1.29, 1.82) is 0 Å². The van der Waals surface area contributed by atoms with Crippen molar-refractivity contribution in [3.05, 3.63) is 60.7 Å². The number of alkyl carbamates (subject to hydrolysis) is 1. The number of amides is 3. The summed E-state index contributed by atoms with van der Waals surface area (Å²) in [5.41, 5.74) is -0.409. The number of esters is 1. The molecule has 1 saturated heterocycles. The maximum atomic E-state index is 14.5. The number of rotatable bonds is 6. The molecule has 3 amide bonds. The van der Waals surface area contributed by atoms with E-state index in [1.54, 1.807) is 6.92 Å². The molecule has 0 bridgehead atoms. The molecule has 264 valence electrons. The van der Waals surface area contributed by atoms with Gasteiger partial charge in [-0.1, -0.05) is 61.4 Å². The summed E-state index contributed by atoms with van der Waals surface area (Å²) in [6.07, 6.45) is 10.6. The van der Waals surface area contributed by atoms with Crippen LogP contribution in [0.5, 0.6) is 5.88 Å². The monoisotopic (exact) mass is 682 g/mol. The van der Waals surface area contributed by atoms with Gasteiger partial charge >= 0.3 is 12.1 Å². The molecule has 2 N–H and O–H groups in total. The van der Waals surface area contributed by atoms with Crippen molar-refractivity contribution in [2.75, 3.05) is 13.2 Å². The summed E-state index contributed by atoms with van der Waals surface area (Å²) in [6.45, 7) is 2.03. The minimum atomic E-state index is -1.18. The standard InChI is InChI=1S/C39H46N4O7/c1-2-48-37(46)39-23-25(39)14-6-4-3-5-7-21-32(41-38(47)50-26-15-8-9-16-26)36(45)43-24-27(22-33(43)34(44)42-39)49-35-30-19-11-10-17-28(30)29-18-12-13-20-31(29)40-35/h6,10-14,17-20,25-27,32-33H,2-5,7-9,15-16,21-24H2,1H3,(H,41,47)(H,42,44)/b14-6-/t25-,27-,32+,33+,39-/m1/s1. The van der Waals surface area contributed by atoms with Crippen LogP contribution in [0.1, 0.15) is 77.6 Å². The van der Waals surface area contributed by atoms with E-state index in [1.807, 2.05) is 54.6 Å². The van der Waals surface area contributed by atoms with Gasteiger partial charge in [0.2, 0.25) is 17.7 Å². The molecule has 2 aliphatic heterocycles. The molecule has 7 rings (SSSR count). The van der Waals surface area contributed by atoms with E-state index in [9.17, 15) is 19.2 Å². The minimum absolute atomic E-state index is 0.103. The quantitative estimate of drug-likeness (QED) is 0.191. The summed E-state index contributed by atoms with van der Waals surface area (Å²) >= 11 is 0. The van der Waals surface area contributed by atoms with E-state index in [-0.39, 0.29) is 37.5 Å². The molecule has 50 heavy (non-hydrogen) atoms. The van der Waals surface area contributed by atoms with Crippen LogP contribution in [0.25, 0.3) is 21.7 Å². The fourth-order valence-corrected chi connectivity index (χ4v) is 7.85. The van der Waals surface area contributed by atoms with Gasteiger partial charge in [-0.3, -0.25) is 9.59 Å². The first kappa shape index (κ1) is 33.8. The Morgan fingerprint density at radius 1 is 0.940 bits per heavy atom. The second kappa shape index (κ2) is 14.7. The summed E-state index contributed by atoms with van der Waals surface area (Å²) in [5, 5.41) is 8.69. The number of benzene rings is 2. The summed E-state index contributed by atoms with van der Waals surface area (Å²) < 4.78 is 17.7. The third kappa shape index (κ3) is 7.00. The molecule has 1 aromatic heterocycles. The number of pyridine rings is 1. The van der Waals surface area contributed by atoms with Gasteiger partial charge in [0.05, 0.1) is 18.7 Å². The highest BCUT2D eigenvalue weighted by Gasteiger charge is 2.62. The van der Waals surface area contributed by atoms with Crippen molar-refractivity contribution in [1.82, 2.24) is 20.5 Å². The van der Waals surface area contributed by atoms with Crippen molar-refractivity contribution >= 4 is 45.6 Å². The molecule has 2 aromatic carbocycles. The van der Waals surface area contributed by atoms with Crippen LogP contribution < -0.4 is 15.4 Å². The maximum Gasteiger partial charge on any atom is 0.408 e. The van der Waals surface area contributed by atoms with E-state index in [2.05, 4.69) is 16.7 Å². The lowest BCUT2D eigenvalue weighted by Crippen LogP contribution is -2.56. The van der Waals surface area contributed by atoms with Gasteiger partial charge in [0.1, 0.15) is 29.8 Å². The van der Waals surface area contributed by atoms with Gasteiger partial charge < -0.3 is 29.7 Å². The van der Waals surface area contributed by atoms with Crippen molar-refractivity contribution in [3.63, 3.8) is 0 Å². The third-order valence-electron chi connectivity index (χ3n) is 10.6. The molecule has 11 nitrogen and oxygen atoms in total. The predicted octanol–water partition coefficient (Wildman–Crippen LogP) is 5.73. The molecular formula is C39H46N4O7. The zero-order valence-electron chi connectivity index (χ0n) is 28.6. The lowest BCUT2D eigenvalue weighted by atomic mass is 10.0. The van der Waals surface area contributed by atoms with Crippen LogP contribution in [0.3, 0.4) is 0 Å². The Morgan fingerprint density at radius 3 is 2.48 bits per heavy atom. The molecule has 3 fully saturated rings. The number of carbonyl (C=O) groups is 4. The second-order valence-electron chi connectivity index (χ2n) is 14.0. The molecule has 11 heteroatoms. The summed E-state index contributed by atoms with van der Waals surface area (Å²) in [7, 11) is 0.